The molecule has 4 aromatic rings. The minimum Gasteiger partial charge on any atom is -0.748 e. The molecule has 2 aromatic carbocycles. The minimum atomic E-state index is -5.29. The van der Waals surface area contributed by atoms with Gasteiger partial charge in [0.05, 0.1) is 66.8 Å². The first-order valence-electron chi connectivity index (χ1n) is 17.6. The SMILES string of the molecule is CN(CC(O)CO)c1nc(NCCS(=O)(=O)[O-])nc(Nc2ccc(C=Cc3ccc(Nc4nc(NCCS(=O)(=O)[O-])nc(C(CO)CNO)n4)cc3S(=O)(=O)[O-])c(S(=O)(=O)[O-])c2)n1.[K+].[K+].[K+].[K+]. The summed E-state index contributed by atoms with van der Waals surface area (Å²) in [5.41, 5.74) is 1.07. The summed E-state index contributed by atoms with van der Waals surface area (Å²) in [7, 11) is -18.4. The maximum atomic E-state index is 12.5. The Bertz CT molecular complexity index is 2750. The number of aliphatic hydroxyl groups excluding tert-OH is 3. The fourth-order valence-corrected chi connectivity index (χ4v) is 7.23. The molecule has 4 rings (SSSR count). The van der Waals surface area contributed by atoms with Crippen LogP contribution in [0.4, 0.5) is 41.1 Å². The molecule has 2 heterocycles. The van der Waals surface area contributed by atoms with E-state index < -0.39 is 100 Å². The van der Waals surface area contributed by atoms with Crippen LogP contribution >= 0.6 is 0 Å². The van der Waals surface area contributed by atoms with E-state index in [1.807, 2.05) is 5.48 Å². The minimum absolute atomic E-state index is 0. The van der Waals surface area contributed by atoms with Crippen LogP contribution in [0.3, 0.4) is 0 Å². The summed E-state index contributed by atoms with van der Waals surface area (Å²) in [6, 6.07) is 6.52. The van der Waals surface area contributed by atoms with Crippen LogP contribution in [0.25, 0.3) is 12.2 Å². The first-order chi connectivity index (χ1) is 29.4. The Morgan fingerprint density at radius 2 is 1.06 bits per heavy atom. The molecule has 0 aliphatic carbocycles. The van der Waals surface area contributed by atoms with Gasteiger partial charge in [-0.3, -0.25) is 0 Å². The molecule has 9 N–H and O–H groups in total. The number of hydrogen-bond acceptors (Lipinski definition) is 28. The molecule has 0 bridgehead atoms. The molecule has 0 saturated carbocycles. The summed E-state index contributed by atoms with van der Waals surface area (Å²) >= 11 is 0. The zero-order valence-electron chi connectivity index (χ0n) is 36.4. The molecule has 0 spiro atoms. The van der Waals surface area contributed by atoms with Crippen LogP contribution in [-0.2, 0) is 40.5 Å². The van der Waals surface area contributed by atoms with E-state index in [9.17, 15) is 67.2 Å². The number of likely N-dealkylation sites (N-methyl/N-ethyl adjacent to an activating group) is 1. The van der Waals surface area contributed by atoms with Crippen molar-refractivity contribution in [3.63, 3.8) is 0 Å². The fraction of sp³-hybridized carbons (Fsp3) is 0.355. The van der Waals surface area contributed by atoms with Crippen molar-refractivity contribution >= 4 is 93.7 Å². The molecule has 28 nitrogen and oxygen atoms in total. The molecule has 2 aromatic heterocycles. The summed E-state index contributed by atoms with van der Waals surface area (Å²) in [5, 5.41) is 48.4. The van der Waals surface area contributed by atoms with Crippen LogP contribution in [-0.4, -0.2) is 166 Å². The zero-order valence-corrected chi connectivity index (χ0v) is 52.1. The van der Waals surface area contributed by atoms with Gasteiger partial charge in [0.25, 0.3) is 0 Å². The van der Waals surface area contributed by atoms with Gasteiger partial charge in [-0.1, -0.05) is 24.3 Å². The van der Waals surface area contributed by atoms with E-state index in [1.165, 1.54) is 24.1 Å². The van der Waals surface area contributed by atoms with E-state index in [1.54, 1.807) is 0 Å². The maximum Gasteiger partial charge on any atom is 1.00 e. The van der Waals surface area contributed by atoms with Gasteiger partial charge >= 0.3 is 206 Å². The monoisotopic (exact) mass is 1120 g/mol. The second-order valence-electron chi connectivity index (χ2n) is 13.0. The Hall–Kier alpha value is 1.19. The smallest absolute Gasteiger partial charge is 0.748 e. The number of benzene rings is 2. The molecule has 2 unspecified atom stereocenters. The molecule has 36 heteroatoms. The molecule has 346 valence electrons. The molecule has 0 aliphatic heterocycles. The largest absolute Gasteiger partial charge is 1.00 e. The normalized spacial score (nSPS) is 12.6. The van der Waals surface area contributed by atoms with Gasteiger partial charge in [-0.25, -0.2) is 39.2 Å². The van der Waals surface area contributed by atoms with E-state index in [0.717, 1.165) is 36.4 Å². The predicted molar refractivity (Wildman–Crippen MR) is 216 cm³/mol. The van der Waals surface area contributed by atoms with Crippen molar-refractivity contribution in [2.75, 3.05) is 84.1 Å². The Labute approximate surface area is 555 Å². The number of aliphatic hydroxyl groups is 3. The summed E-state index contributed by atoms with van der Waals surface area (Å²) in [6.07, 6.45) is 0.823. The average molecular weight is 1120 g/mol. The summed E-state index contributed by atoms with van der Waals surface area (Å²) in [4.78, 5) is 24.1. The number of nitrogens with zero attached hydrogens (tertiary/aromatic N) is 7. The van der Waals surface area contributed by atoms with Gasteiger partial charge < -0.3 is 64.9 Å². The van der Waals surface area contributed by atoms with Crippen molar-refractivity contribution in [1.82, 2.24) is 35.4 Å². The third kappa shape index (κ3) is 23.9. The van der Waals surface area contributed by atoms with E-state index in [2.05, 4.69) is 51.2 Å². The number of hydrogen-bond donors (Lipinski definition) is 9. The number of aromatic nitrogens is 6. The van der Waals surface area contributed by atoms with Crippen molar-refractivity contribution in [3.8, 4) is 0 Å². The standard InChI is InChI=1S/C31H42N12O16S4.4K/c1-43(15-23(46)17-45)31-41-28(33-9-11-61(51,52)53)40-30(42-31)36-22-7-5-19(25(13-22)63(57,58)59)3-2-18-4-6-21(12-24(18)62(54,55)56)35-29-38-26(20(16-44)14-34-47)37-27(39-29)32-8-10-60(48,49)50;;;;/h2-7,12-13,20,23,34,44-47H,8-11,14-17H2,1H3,(H,48,49,50)(H,51,52,53)(H,54,55,56)(H,57,58,59)(H2,32,35,37,38,39)(H2,33,36,40,41,42);;;;/q;4*+1/p-4. The zero-order chi connectivity index (χ0) is 46.8. The summed E-state index contributed by atoms with van der Waals surface area (Å²) in [5.74, 6) is -4.16. The second kappa shape index (κ2) is 31.2. The molecule has 0 saturated heterocycles. The second-order valence-corrected chi connectivity index (χ2v) is 18.7. The average Bonchev–Trinajstić information content (AvgIpc) is 3.17. The van der Waals surface area contributed by atoms with Crippen molar-refractivity contribution in [2.45, 2.75) is 21.8 Å². The van der Waals surface area contributed by atoms with Gasteiger partial charge in [0.15, 0.2) is 0 Å². The summed E-state index contributed by atoms with van der Waals surface area (Å²) in [6.45, 7) is -2.55. The first kappa shape index (κ1) is 68.2. The fourth-order valence-electron chi connectivity index (χ4n) is 5.13. The van der Waals surface area contributed by atoms with E-state index in [0.29, 0.717) is 0 Å². The molecular formula is C31H38K4N12O16S4. The van der Waals surface area contributed by atoms with Crippen LogP contribution in [0, 0.1) is 0 Å². The Kier molecular flexibility index (Phi) is 31.7. The number of hydroxylamine groups is 1. The van der Waals surface area contributed by atoms with Crippen molar-refractivity contribution in [2.24, 2.45) is 0 Å². The van der Waals surface area contributed by atoms with Crippen LogP contribution in [0.5, 0.6) is 0 Å². The van der Waals surface area contributed by atoms with Gasteiger partial charge in [-0.15, -0.1) is 0 Å². The third-order valence-corrected chi connectivity index (χ3v) is 11.2. The van der Waals surface area contributed by atoms with Crippen LogP contribution < -0.4 is 237 Å². The molecule has 0 aliphatic rings. The number of rotatable bonds is 24. The molecule has 0 fully saturated rings. The van der Waals surface area contributed by atoms with Crippen LogP contribution in [0.15, 0.2) is 46.2 Å². The first-order valence-corrected chi connectivity index (χ1v) is 23.6. The molecule has 2 atom stereocenters. The van der Waals surface area contributed by atoms with Crippen LogP contribution in [0.2, 0.25) is 0 Å². The molecule has 0 radical (unpaired) electrons. The van der Waals surface area contributed by atoms with Crippen molar-refractivity contribution < 1.29 is 278 Å². The predicted octanol–water partition coefficient (Wildman–Crippen LogP) is -14.7. The van der Waals surface area contributed by atoms with Crippen molar-refractivity contribution in [3.05, 3.63) is 53.3 Å². The van der Waals surface area contributed by atoms with Crippen molar-refractivity contribution in [1.29, 1.82) is 0 Å². The molecule has 0 amide bonds. The van der Waals surface area contributed by atoms with E-state index in [4.69, 9.17) is 5.21 Å². The van der Waals surface area contributed by atoms with Gasteiger partial charge in [-0.05, 0) is 35.4 Å². The molecular weight excluding hydrogens is 1080 g/mol. The van der Waals surface area contributed by atoms with Gasteiger partial charge in [0.2, 0.25) is 29.7 Å². The topological polar surface area (TPSA) is 450 Å². The third-order valence-electron chi connectivity index (χ3n) is 8.03. The van der Waals surface area contributed by atoms with Gasteiger partial charge in [-0.2, -0.15) is 29.9 Å². The Morgan fingerprint density at radius 3 is 1.46 bits per heavy atom. The molecule has 67 heavy (non-hydrogen) atoms. The van der Waals surface area contributed by atoms with E-state index >= 15 is 0 Å². The van der Waals surface area contributed by atoms with E-state index in [-0.39, 0.29) is 277 Å². The number of anilines is 7. The van der Waals surface area contributed by atoms with Gasteiger partial charge in [0, 0.05) is 44.6 Å². The quantitative estimate of drug-likeness (QED) is 0.0136. The number of nitrogens with one attached hydrogen (secondary N) is 5. The Morgan fingerprint density at radius 1 is 0.642 bits per heavy atom. The Balaban J connectivity index is 0.0000109. The maximum absolute atomic E-state index is 12.5. The van der Waals surface area contributed by atoms with Crippen LogP contribution in [0.1, 0.15) is 22.9 Å². The summed E-state index contributed by atoms with van der Waals surface area (Å²) < 4.78 is 141. The van der Waals surface area contributed by atoms with Gasteiger partial charge in [0.1, 0.15) is 26.1 Å².